The molecule has 0 saturated carbocycles. The third-order valence-electron chi connectivity index (χ3n) is 3.96. The van der Waals surface area contributed by atoms with E-state index in [4.69, 9.17) is 5.73 Å². The van der Waals surface area contributed by atoms with Gasteiger partial charge in [-0.25, -0.2) is 0 Å². The van der Waals surface area contributed by atoms with Gasteiger partial charge in [0, 0.05) is 23.9 Å². The number of aryl methyl sites for hydroxylation is 1. The molecule has 4 heteroatoms. The predicted octanol–water partition coefficient (Wildman–Crippen LogP) is 4.01. The second kappa shape index (κ2) is 8.85. The van der Waals surface area contributed by atoms with E-state index >= 15 is 0 Å². The van der Waals surface area contributed by atoms with Crippen molar-refractivity contribution in [1.82, 2.24) is 5.32 Å². The molecular weight excluding hydrogens is 304 g/mol. The van der Waals surface area contributed by atoms with Gasteiger partial charge in [0.25, 0.3) is 0 Å². The molecule has 0 bridgehead atoms. The van der Waals surface area contributed by atoms with Crippen LogP contribution in [0.3, 0.4) is 0 Å². The molecule has 0 fully saturated rings. The Morgan fingerprint density at radius 1 is 1.17 bits per heavy atom. The van der Waals surface area contributed by atoms with E-state index < -0.39 is 0 Å². The van der Waals surface area contributed by atoms with Crippen LogP contribution in [0.1, 0.15) is 54.7 Å². The Hall–Kier alpha value is -1.65. The van der Waals surface area contributed by atoms with Crippen LogP contribution in [0.15, 0.2) is 41.8 Å². The lowest BCUT2D eigenvalue weighted by Crippen LogP contribution is -2.31. The highest BCUT2D eigenvalue weighted by atomic mass is 32.1. The van der Waals surface area contributed by atoms with Gasteiger partial charge in [-0.2, -0.15) is 0 Å². The minimum atomic E-state index is -0.155. The zero-order chi connectivity index (χ0) is 16.7. The van der Waals surface area contributed by atoms with Crippen LogP contribution in [0.5, 0.6) is 0 Å². The molecule has 0 spiro atoms. The average Bonchev–Trinajstić information content (AvgIpc) is 3.06. The van der Waals surface area contributed by atoms with Crippen molar-refractivity contribution < 1.29 is 4.79 Å². The molecule has 1 aromatic carbocycles. The normalized spacial score (nSPS) is 12.3. The predicted molar refractivity (Wildman–Crippen MR) is 97.7 cm³/mol. The van der Waals surface area contributed by atoms with E-state index in [-0.39, 0.29) is 11.9 Å². The summed E-state index contributed by atoms with van der Waals surface area (Å²) in [6.07, 6.45) is 2.40. The Bertz CT molecular complexity index is 590. The number of nitrogens with two attached hydrogens (primary N) is 1. The Morgan fingerprint density at radius 3 is 2.48 bits per heavy atom. The van der Waals surface area contributed by atoms with Gasteiger partial charge in [-0.3, -0.25) is 4.79 Å². The fourth-order valence-corrected chi connectivity index (χ4v) is 3.19. The molecule has 23 heavy (non-hydrogen) atoms. The highest BCUT2D eigenvalue weighted by Gasteiger charge is 2.09. The van der Waals surface area contributed by atoms with Crippen molar-refractivity contribution in [1.29, 1.82) is 0 Å². The summed E-state index contributed by atoms with van der Waals surface area (Å²) in [6.45, 7) is 4.83. The second-order valence-electron chi connectivity index (χ2n) is 6.16. The summed E-state index contributed by atoms with van der Waals surface area (Å²) in [7, 11) is 0. The van der Waals surface area contributed by atoms with Crippen LogP contribution in [0.2, 0.25) is 0 Å². The maximum absolute atomic E-state index is 11.9. The van der Waals surface area contributed by atoms with Crippen molar-refractivity contribution in [2.45, 2.75) is 45.1 Å². The smallest absolute Gasteiger partial charge is 0.220 e. The Balaban J connectivity index is 1.70. The van der Waals surface area contributed by atoms with Gasteiger partial charge in [-0.1, -0.05) is 44.2 Å². The van der Waals surface area contributed by atoms with E-state index in [0.29, 0.717) is 18.9 Å². The molecule has 1 unspecified atom stereocenters. The first-order chi connectivity index (χ1) is 11.1. The summed E-state index contributed by atoms with van der Waals surface area (Å²) >= 11 is 1.74. The summed E-state index contributed by atoms with van der Waals surface area (Å²) in [5, 5.41) is 5.01. The Labute approximate surface area is 142 Å². The number of nitrogens with one attached hydrogen (secondary N) is 1. The molecule has 1 atom stereocenters. The highest BCUT2D eigenvalue weighted by molar-refractivity contribution is 7.09. The molecule has 3 nitrogen and oxygen atoms in total. The molecule has 0 saturated heterocycles. The van der Waals surface area contributed by atoms with Gasteiger partial charge < -0.3 is 11.1 Å². The molecule has 1 heterocycles. The SMILES string of the molecule is CC(C)c1ccc(C(N)CNC(=O)CCCc2cccs2)cc1. The van der Waals surface area contributed by atoms with Gasteiger partial charge in [-0.05, 0) is 41.3 Å². The Kier molecular flexibility index (Phi) is 6.81. The maximum atomic E-state index is 11.9. The number of amides is 1. The molecule has 1 amide bonds. The van der Waals surface area contributed by atoms with Crippen molar-refractivity contribution in [3.8, 4) is 0 Å². The molecule has 3 N–H and O–H groups in total. The number of thiophene rings is 1. The van der Waals surface area contributed by atoms with Gasteiger partial charge >= 0.3 is 0 Å². The number of rotatable bonds is 8. The lowest BCUT2D eigenvalue weighted by atomic mass is 9.99. The zero-order valence-electron chi connectivity index (χ0n) is 13.9. The van der Waals surface area contributed by atoms with Gasteiger partial charge in [0.15, 0.2) is 0 Å². The third-order valence-corrected chi connectivity index (χ3v) is 4.89. The van der Waals surface area contributed by atoms with Gasteiger partial charge in [0.1, 0.15) is 0 Å². The van der Waals surface area contributed by atoms with Crippen molar-refractivity contribution in [3.63, 3.8) is 0 Å². The van der Waals surface area contributed by atoms with Crippen molar-refractivity contribution in [2.24, 2.45) is 5.73 Å². The standard InChI is InChI=1S/C19H26N2OS/c1-14(2)15-8-10-16(11-9-15)18(20)13-21-19(22)7-3-5-17-6-4-12-23-17/h4,6,8-12,14,18H,3,5,7,13,20H2,1-2H3,(H,21,22). The molecule has 0 radical (unpaired) electrons. The number of carbonyl (C=O) groups excluding carboxylic acids is 1. The quantitative estimate of drug-likeness (QED) is 0.768. The van der Waals surface area contributed by atoms with Gasteiger partial charge in [-0.15, -0.1) is 11.3 Å². The van der Waals surface area contributed by atoms with E-state index in [1.165, 1.54) is 10.4 Å². The van der Waals surface area contributed by atoms with Crippen molar-refractivity contribution >= 4 is 17.2 Å². The van der Waals surface area contributed by atoms with Crippen LogP contribution in [0, 0.1) is 0 Å². The summed E-state index contributed by atoms with van der Waals surface area (Å²) in [5.41, 5.74) is 8.53. The number of hydrogen-bond acceptors (Lipinski definition) is 3. The molecule has 124 valence electrons. The molecule has 0 aliphatic rings. The number of carbonyl (C=O) groups is 1. The minimum absolute atomic E-state index is 0.0795. The topological polar surface area (TPSA) is 55.1 Å². The fourth-order valence-electron chi connectivity index (χ4n) is 2.44. The first-order valence-electron chi connectivity index (χ1n) is 8.20. The first kappa shape index (κ1) is 17.7. The lowest BCUT2D eigenvalue weighted by Gasteiger charge is -2.14. The van der Waals surface area contributed by atoms with Crippen LogP contribution < -0.4 is 11.1 Å². The maximum Gasteiger partial charge on any atom is 0.220 e. The molecule has 2 aromatic rings. The molecule has 2 rings (SSSR count). The van der Waals surface area contributed by atoms with Crippen LogP contribution in [0.25, 0.3) is 0 Å². The van der Waals surface area contributed by atoms with E-state index in [9.17, 15) is 4.79 Å². The average molecular weight is 330 g/mol. The van der Waals surface area contributed by atoms with E-state index in [0.717, 1.165) is 18.4 Å². The van der Waals surface area contributed by atoms with Gasteiger partial charge in [0.05, 0.1) is 0 Å². The fraction of sp³-hybridized carbons (Fsp3) is 0.421. The molecule has 0 aliphatic heterocycles. The third kappa shape index (κ3) is 5.81. The van der Waals surface area contributed by atoms with Crippen LogP contribution >= 0.6 is 11.3 Å². The summed E-state index contributed by atoms with van der Waals surface area (Å²) in [4.78, 5) is 13.2. The van der Waals surface area contributed by atoms with Crippen molar-refractivity contribution in [2.75, 3.05) is 6.54 Å². The number of benzene rings is 1. The summed E-state index contributed by atoms with van der Waals surface area (Å²) in [6, 6.07) is 12.3. The number of hydrogen-bond donors (Lipinski definition) is 2. The largest absolute Gasteiger partial charge is 0.354 e. The van der Waals surface area contributed by atoms with E-state index in [1.54, 1.807) is 11.3 Å². The molecular formula is C19H26N2OS. The molecule has 1 aromatic heterocycles. The summed E-state index contributed by atoms with van der Waals surface area (Å²) in [5.74, 6) is 0.596. The molecule has 0 aliphatic carbocycles. The van der Waals surface area contributed by atoms with Crippen LogP contribution in [-0.4, -0.2) is 12.5 Å². The monoisotopic (exact) mass is 330 g/mol. The highest BCUT2D eigenvalue weighted by Crippen LogP contribution is 2.17. The first-order valence-corrected chi connectivity index (χ1v) is 9.08. The van der Waals surface area contributed by atoms with E-state index in [1.807, 2.05) is 6.07 Å². The van der Waals surface area contributed by atoms with Gasteiger partial charge in [0.2, 0.25) is 5.91 Å². The van der Waals surface area contributed by atoms with Crippen LogP contribution in [-0.2, 0) is 11.2 Å². The Morgan fingerprint density at radius 2 is 1.87 bits per heavy atom. The summed E-state index contributed by atoms with van der Waals surface area (Å²) < 4.78 is 0. The zero-order valence-corrected chi connectivity index (χ0v) is 14.7. The minimum Gasteiger partial charge on any atom is -0.354 e. The second-order valence-corrected chi connectivity index (χ2v) is 7.20. The van der Waals surface area contributed by atoms with Crippen LogP contribution in [0.4, 0.5) is 0 Å². The van der Waals surface area contributed by atoms with E-state index in [2.05, 4.69) is 54.9 Å². The lowest BCUT2D eigenvalue weighted by molar-refractivity contribution is -0.121. The van der Waals surface area contributed by atoms with Crippen molar-refractivity contribution in [3.05, 3.63) is 57.8 Å².